The second kappa shape index (κ2) is 6.12. The molecule has 2 fully saturated rings. The van der Waals surface area contributed by atoms with Crippen molar-refractivity contribution in [3.8, 4) is 0 Å². The molecule has 5 nitrogen and oxygen atoms in total. The van der Waals surface area contributed by atoms with E-state index in [-0.39, 0.29) is 11.4 Å². The highest BCUT2D eigenvalue weighted by Gasteiger charge is 2.39. The molecule has 1 unspecified atom stereocenters. The third-order valence-electron chi connectivity index (χ3n) is 4.63. The monoisotopic (exact) mass is 288 g/mol. The Morgan fingerprint density at radius 3 is 2.81 bits per heavy atom. The smallest absolute Gasteiger partial charge is 0.242 e. The van der Waals surface area contributed by atoms with Crippen LogP contribution in [0.4, 0.5) is 0 Å². The van der Waals surface area contributed by atoms with Gasteiger partial charge in [-0.1, -0.05) is 6.07 Å². The molecule has 2 aliphatic rings. The fraction of sp³-hybridized carbons (Fsp3) is 0.625. The van der Waals surface area contributed by atoms with Gasteiger partial charge in [0.05, 0.1) is 5.54 Å². The summed E-state index contributed by atoms with van der Waals surface area (Å²) in [6, 6.07) is 4.08. The molecule has 114 valence electrons. The van der Waals surface area contributed by atoms with E-state index in [0.717, 1.165) is 52.1 Å². The van der Waals surface area contributed by atoms with Gasteiger partial charge < -0.3 is 10.2 Å². The van der Waals surface area contributed by atoms with Crippen LogP contribution in [0.25, 0.3) is 0 Å². The molecule has 0 bridgehead atoms. The fourth-order valence-electron chi connectivity index (χ4n) is 3.29. The number of rotatable bonds is 3. The Hall–Kier alpha value is -1.46. The van der Waals surface area contributed by atoms with Gasteiger partial charge in [-0.2, -0.15) is 0 Å². The van der Waals surface area contributed by atoms with Gasteiger partial charge in [-0.3, -0.25) is 14.7 Å². The van der Waals surface area contributed by atoms with Crippen molar-refractivity contribution in [1.29, 1.82) is 0 Å². The lowest BCUT2D eigenvalue weighted by atomic mass is 9.98. The number of pyridine rings is 1. The van der Waals surface area contributed by atoms with Gasteiger partial charge in [0.15, 0.2) is 0 Å². The van der Waals surface area contributed by atoms with Crippen molar-refractivity contribution in [1.82, 2.24) is 20.1 Å². The summed E-state index contributed by atoms with van der Waals surface area (Å²) in [5, 5.41) is 3.37. The first-order valence-electron chi connectivity index (χ1n) is 7.83. The van der Waals surface area contributed by atoms with Crippen LogP contribution in [-0.2, 0) is 11.3 Å². The Morgan fingerprint density at radius 1 is 1.38 bits per heavy atom. The van der Waals surface area contributed by atoms with Crippen molar-refractivity contribution in [2.45, 2.75) is 31.8 Å². The predicted octanol–water partition coefficient (Wildman–Crippen LogP) is 0.868. The van der Waals surface area contributed by atoms with Crippen molar-refractivity contribution in [3.05, 3.63) is 30.1 Å². The minimum Gasteiger partial charge on any atom is -0.339 e. The molecule has 0 aliphatic carbocycles. The van der Waals surface area contributed by atoms with Crippen LogP contribution in [0, 0.1) is 0 Å². The Balaban J connectivity index is 1.52. The zero-order valence-corrected chi connectivity index (χ0v) is 12.7. The van der Waals surface area contributed by atoms with Gasteiger partial charge in [-0.15, -0.1) is 0 Å². The number of hydrogen-bond acceptors (Lipinski definition) is 4. The number of nitrogens with one attached hydrogen (secondary N) is 1. The fourth-order valence-corrected chi connectivity index (χ4v) is 3.29. The molecule has 1 aromatic heterocycles. The van der Waals surface area contributed by atoms with Gasteiger partial charge in [0.1, 0.15) is 0 Å². The Labute approximate surface area is 126 Å². The average Bonchev–Trinajstić information content (AvgIpc) is 2.96. The molecule has 2 saturated heterocycles. The number of carbonyl (C=O) groups excluding carboxylic acids is 1. The molecule has 0 radical (unpaired) electrons. The van der Waals surface area contributed by atoms with Crippen molar-refractivity contribution in [2.75, 3.05) is 32.7 Å². The molecule has 1 amide bonds. The SMILES string of the molecule is CC1(C(=O)N2CCN(Cc3cccnc3)CC2)CCCN1. The Bertz CT molecular complexity index is 476. The number of hydrogen-bond donors (Lipinski definition) is 1. The van der Waals surface area contributed by atoms with Crippen molar-refractivity contribution in [2.24, 2.45) is 0 Å². The molecule has 2 aliphatic heterocycles. The van der Waals surface area contributed by atoms with E-state index in [4.69, 9.17) is 0 Å². The summed E-state index contributed by atoms with van der Waals surface area (Å²) in [4.78, 5) is 21.2. The van der Waals surface area contributed by atoms with Crippen molar-refractivity contribution >= 4 is 5.91 Å². The van der Waals surface area contributed by atoms with Crippen LogP contribution < -0.4 is 5.32 Å². The minimum absolute atomic E-state index is 0.279. The van der Waals surface area contributed by atoms with Gasteiger partial charge in [0.2, 0.25) is 5.91 Å². The van der Waals surface area contributed by atoms with E-state index in [1.54, 1.807) is 6.20 Å². The van der Waals surface area contributed by atoms with E-state index >= 15 is 0 Å². The third-order valence-corrected chi connectivity index (χ3v) is 4.63. The molecule has 21 heavy (non-hydrogen) atoms. The number of nitrogens with zero attached hydrogens (tertiary/aromatic N) is 3. The molecule has 3 heterocycles. The average molecular weight is 288 g/mol. The van der Waals surface area contributed by atoms with E-state index < -0.39 is 0 Å². The van der Waals surface area contributed by atoms with E-state index in [1.807, 2.05) is 24.1 Å². The molecule has 0 aromatic carbocycles. The standard InChI is InChI=1S/C16H24N4O/c1-16(5-3-7-18-16)15(21)20-10-8-19(9-11-20)13-14-4-2-6-17-12-14/h2,4,6,12,18H,3,5,7-11,13H2,1H3. The zero-order chi connectivity index (χ0) is 14.7. The topological polar surface area (TPSA) is 48.5 Å². The Morgan fingerprint density at radius 2 is 2.19 bits per heavy atom. The van der Waals surface area contributed by atoms with Gasteiger partial charge in [-0.25, -0.2) is 0 Å². The molecule has 1 atom stereocenters. The maximum atomic E-state index is 12.6. The highest BCUT2D eigenvalue weighted by Crippen LogP contribution is 2.22. The van der Waals surface area contributed by atoms with Crippen LogP contribution in [0.5, 0.6) is 0 Å². The van der Waals surface area contributed by atoms with E-state index in [9.17, 15) is 4.79 Å². The van der Waals surface area contributed by atoms with Crippen LogP contribution in [-0.4, -0.2) is 59.0 Å². The lowest BCUT2D eigenvalue weighted by molar-refractivity contribution is -0.139. The van der Waals surface area contributed by atoms with E-state index in [2.05, 4.69) is 21.3 Å². The first-order valence-corrected chi connectivity index (χ1v) is 7.83. The van der Waals surface area contributed by atoms with Crippen LogP contribution in [0.2, 0.25) is 0 Å². The minimum atomic E-state index is -0.328. The molecule has 5 heteroatoms. The summed E-state index contributed by atoms with van der Waals surface area (Å²) < 4.78 is 0. The second-order valence-corrected chi connectivity index (χ2v) is 6.29. The van der Waals surface area contributed by atoms with Crippen LogP contribution in [0.1, 0.15) is 25.3 Å². The molecule has 3 rings (SSSR count). The Kier molecular flexibility index (Phi) is 4.22. The van der Waals surface area contributed by atoms with Gasteiger partial charge in [0.25, 0.3) is 0 Å². The van der Waals surface area contributed by atoms with Crippen molar-refractivity contribution in [3.63, 3.8) is 0 Å². The quantitative estimate of drug-likeness (QED) is 0.896. The maximum Gasteiger partial charge on any atom is 0.242 e. The number of amides is 1. The zero-order valence-electron chi connectivity index (χ0n) is 12.7. The van der Waals surface area contributed by atoms with E-state index in [0.29, 0.717) is 0 Å². The predicted molar refractivity (Wildman–Crippen MR) is 81.7 cm³/mol. The molecular weight excluding hydrogens is 264 g/mol. The summed E-state index contributed by atoms with van der Waals surface area (Å²) in [7, 11) is 0. The summed E-state index contributed by atoms with van der Waals surface area (Å²) in [5.41, 5.74) is 0.910. The lowest BCUT2D eigenvalue weighted by Crippen LogP contribution is -2.57. The lowest BCUT2D eigenvalue weighted by Gasteiger charge is -2.38. The summed E-state index contributed by atoms with van der Waals surface area (Å²) in [5.74, 6) is 0.279. The summed E-state index contributed by atoms with van der Waals surface area (Å²) in [6.45, 7) is 7.47. The van der Waals surface area contributed by atoms with Gasteiger partial charge in [0, 0.05) is 45.1 Å². The molecular formula is C16H24N4O. The molecule has 0 spiro atoms. The molecule has 0 saturated carbocycles. The van der Waals surface area contributed by atoms with E-state index in [1.165, 1.54) is 5.56 Å². The first-order chi connectivity index (χ1) is 10.2. The number of piperazine rings is 1. The normalized spacial score (nSPS) is 27.0. The maximum absolute atomic E-state index is 12.6. The highest BCUT2D eigenvalue weighted by molar-refractivity contribution is 5.86. The van der Waals surface area contributed by atoms with Crippen molar-refractivity contribution < 1.29 is 4.79 Å². The molecule has 1 aromatic rings. The van der Waals surface area contributed by atoms with Crippen LogP contribution in [0.3, 0.4) is 0 Å². The molecule has 1 N–H and O–H groups in total. The largest absolute Gasteiger partial charge is 0.339 e. The van der Waals surface area contributed by atoms with Crippen LogP contribution in [0.15, 0.2) is 24.5 Å². The first kappa shape index (κ1) is 14.5. The second-order valence-electron chi connectivity index (χ2n) is 6.29. The highest BCUT2D eigenvalue weighted by atomic mass is 16.2. The third kappa shape index (κ3) is 3.24. The summed E-state index contributed by atoms with van der Waals surface area (Å²) in [6.07, 6.45) is 5.78. The number of carbonyl (C=O) groups is 1. The van der Waals surface area contributed by atoms with Gasteiger partial charge >= 0.3 is 0 Å². The number of aromatic nitrogens is 1. The summed E-state index contributed by atoms with van der Waals surface area (Å²) >= 11 is 0. The van der Waals surface area contributed by atoms with Crippen LogP contribution >= 0.6 is 0 Å². The van der Waals surface area contributed by atoms with Gasteiger partial charge in [-0.05, 0) is 37.9 Å².